The molecule has 1 amide bonds. The van der Waals surface area contributed by atoms with Crippen molar-refractivity contribution in [1.82, 2.24) is 5.32 Å². The van der Waals surface area contributed by atoms with E-state index < -0.39 is 0 Å². The van der Waals surface area contributed by atoms with Gasteiger partial charge < -0.3 is 15.2 Å². The number of ether oxygens (including phenoxy) is 1. The lowest BCUT2D eigenvalue weighted by Crippen LogP contribution is -2.31. The molecule has 4 nitrogen and oxygen atoms in total. The lowest BCUT2D eigenvalue weighted by Gasteiger charge is -2.12. The predicted octanol–water partition coefficient (Wildman–Crippen LogP) is 2.09. The molecule has 0 radical (unpaired) electrons. The van der Waals surface area contributed by atoms with Crippen LogP contribution in [0.15, 0.2) is 22.7 Å². The quantitative estimate of drug-likeness (QED) is 0.845. The molecule has 0 saturated carbocycles. The number of hydrogen-bond donors (Lipinski definition) is 2. The van der Waals surface area contributed by atoms with Crippen molar-refractivity contribution in [2.45, 2.75) is 19.9 Å². The van der Waals surface area contributed by atoms with Crippen LogP contribution in [0.2, 0.25) is 0 Å². The summed E-state index contributed by atoms with van der Waals surface area (Å²) >= 11 is 3.39. The van der Waals surface area contributed by atoms with E-state index in [2.05, 4.69) is 21.2 Å². The van der Waals surface area contributed by atoms with Crippen LogP contribution in [0.1, 0.15) is 18.9 Å². The lowest BCUT2D eigenvalue weighted by atomic mass is 10.1. The molecule has 0 aromatic heterocycles. The average molecular weight is 316 g/mol. The molecule has 1 atom stereocenters. The standard InChI is InChI=1S/C13H18BrNO3/c1-3-10(8-16)13(17)15-7-9-4-5-12(18-2)11(14)6-9/h4-6,10,16H,3,7-8H2,1-2H3,(H,15,17). The smallest absolute Gasteiger partial charge is 0.225 e. The van der Waals surface area contributed by atoms with E-state index in [9.17, 15) is 4.79 Å². The Morgan fingerprint density at radius 3 is 2.78 bits per heavy atom. The third kappa shape index (κ3) is 3.99. The number of amides is 1. The lowest BCUT2D eigenvalue weighted by molar-refractivity contribution is -0.126. The summed E-state index contributed by atoms with van der Waals surface area (Å²) in [7, 11) is 1.61. The van der Waals surface area contributed by atoms with Crippen LogP contribution in [-0.2, 0) is 11.3 Å². The Hall–Kier alpha value is -1.07. The predicted molar refractivity (Wildman–Crippen MR) is 73.4 cm³/mol. The van der Waals surface area contributed by atoms with Crippen LogP contribution in [0, 0.1) is 5.92 Å². The fraction of sp³-hybridized carbons (Fsp3) is 0.462. The highest BCUT2D eigenvalue weighted by Crippen LogP contribution is 2.25. The van der Waals surface area contributed by atoms with Gasteiger partial charge in [0.15, 0.2) is 0 Å². The molecule has 0 aliphatic heterocycles. The highest BCUT2D eigenvalue weighted by molar-refractivity contribution is 9.10. The number of rotatable bonds is 6. The second-order valence-corrected chi connectivity index (χ2v) is 4.83. The summed E-state index contributed by atoms with van der Waals surface area (Å²) in [6, 6.07) is 5.64. The van der Waals surface area contributed by atoms with Crippen LogP contribution in [0.25, 0.3) is 0 Å². The molecular weight excluding hydrogens is 298 g/mol. The zero-order chi connectivity index (χ0) is 13.5. The first kappa shape index (κ1) is 15.0. The van der Waals surface area contributed by atoms with Crippen LogP contribution in [0.4, 0.5) is 0 Å². The Labute approximate surface area is 115 Å². The van der Waals surface area contributed by atoms with Gasteiger partial charge in [0, 0.05) is 6.54 Å². The number of benzene rings is 1. The van der Waals surface area contributed by atoms with Crippen LogP contribution in [0.3, 0.4) is 0 Å². The van der Waals surface area contributed by atoms with Gasteiger partial charge in [-0.05, 0) is 40.0 Å². The summed E-state index contributed by atoms with van der Waals surface area (Å²) in [6.07, 6.45) is 0.634. The molecular formula is C13H18BrNO3. The summed E-state index contributed by atoms with van der Waals surface area (Å²) in [5.41, 5.74) is 0.976. The molecule has 0 saturated heterocycles. The highest BCUT2D eigenvalue weighted by Gasteiger charge is 2.14. The second-order valence-electron chi connectivity index (χ2n) is 3.97. The Morgan fingerprint density at radius 1 is 1.56 bits per heavy atom. The average Bonchev–Trinajstić information content (AvgIpc) is 2.38. The van der Waals surface area contributed by atoms with Crippen molar-refractivity contribution in [2.75, 3.05) is 13.7 Å². The maximum atomic E-state index is 11.7. The molecule has 0 heterocycles. The topological polar surface area (TPSA) is 58.6 Å². The number of aliphatic hydroxyl groups is 1. The molecule has 1 rings (SSSR count). The maximum absolute atomic E-state index is 11.7. The zero-order valence-electron chi connectivity index (χ0n) is 10.6. The van der Waals surface area contributed by atoms with Crippen molar-refractivity contribution in [1.29, 1.82) is 0 Å². The van der Waals surface area contributed by atoms with Gasteiger partial charge in [-0.2, -0.15) is 0 Å². The Balaban J connectivity index is 2.58. The highest BCUT2D eigenvalue weighted by atomic mass is 79.9. The van der Waals surface area contributed by atoms with Gasteiger partial charge in [0.2, 0.25) is 5.91 Å². The Bertz CT molecular complexity index is 405. The van der Waals surface area contributed by atoms with Gasteiger partial charge in [-0.15, -0.1) is 0 Å². The van der Waals surface area contributed by atoms with E-state index in [0.29, 0.717) is 13.0 Å². The molecule has 1 unspecified atom stereocenters. The van der Waals surface area contributed by atoms with Crippen molar-refractivity contribution in [2.24, 2.45) is 5.92 Å². The number of carbonyl (C=O) groups excluding carboxylic acids is 1. The summed E-state index contributed by atoms with van der Waals surface area (Å²) in [5.74, 6) is 0.311. The third-order valence-corrected chi connectivity index (χ3v) is 3.39. The molecule has 100 valence electrons. The fourth-order valence-electron chi connectivity index (χ4n) is 1.55. The molecule has 1 aromatic carbocycles. The van der Waals surface area contributed by atoms with E-state index >= 15 is 0 Å². The molecule has 0 aliphatic carbocycles. The summed E-state index contributed by atoms with van der Waals surface area (Å²) < 4.78 is 5.98. The van der Waals surface area contributed by atoms with Crippen molar-refractivity contribution in [3.05, 3.63) is 28.2 Å². The summed E-state index contributed by atoms with van der Waals surface area (Å²) in [4.78, 5) is 11.7. The first-order valence-corrected chi connectivity index (χ1v) is 6.62. The normalized spacial score (nSPS) is 12.0. The van der Waals surface area contributed by atoms with E-state index in [1.165, 1.54) is 0 Å². The van der Waals surface area contributed by atoms with Crippen LogP contribution in [-0.4, -0.2) is 24.7 Å². The first-order chi connectivity index (χ1) is 8.62. The minimum absolute atomic E-state index is 0.116. The van der Waals surface area contributed by atoms with E-state index in [-0.39, 0.29) is 18.4 Å². The molecule has 0 bridgehead atoms. The van der Waals surface area contributed by atoms with Crippen molar-refractivity contribution in [3.63, 3.8) is 0 Å². The van der Waals surface area contributed by atoms with Crippen molar-refractivity contribution < 1.29 is 14.6 Å². The molecule has 0 aliphatic rings. The van der Waals surface area contributed by atoms with E-state index in [1.807, 2.05) is 25.1 Å². The molecule has 0 fully saturated rings. The minimum Gasteiger partial charge on any atom is -0.496 e. The minimum atomic E-state index is -0.327. The van der Waals surface area contributed by atoms with Gasteiger partial charge in [0.05, 0.1) is 24.1 Å². The summed E-state index contributed by atoms with van der Waals surface area (Å²) in [5, 5.41) is 11.8. The van der Waals surface area contributed by atoms with E-state index in [4.69, 9.17) is 9.84 Å². The van der Waals surface area contributed by atoms with Gasteiger partial charge in [-0.3, -0.25) is 4.79 Å². The summed E-state index contributed by atoms with van der Waals surface area (Å²) in [6.45, 7) is 2.21. The van der Waals surface area contributed by atoms with Gasteiger partial charge in [0.25, 0.3) is 0 Å². The Kier molecular flexibility index (Phi) is 6.15. The Morgan fingerprint density at radius 2 is 2.28 bits per heavy atom. The van der Waals surface area contributed by atoms with Crippen LogP contribution in [0.5, 0.6) is 5.75 Å². The zero-order valence-corrected chi connectivity index (χ0v) is 12.2. The maximum Gasteiger partial charge on any atom is 0.225 e. The molecule has 5 heteroatoms. The monoisotopic (exact) mass is 315 g/mol. The number of aliphatic hydroxyl groups excluding tert-OH is 1. The largest absolute Gasteiger partial charge is 0.496 e. The first-order valence-electron chi connectivity index (χ1n) is 5.83. The molecule has 18 heavy (non-hydrogen) atoms. The number of hydrogen-bond acceptors (Lipinski definition) is 3. The van der Waals surface area contributed by atoms with Gasteiger partial charge in [-0.1, -0.05) is 13.0 Å². The van der Waals surface area contributed by atoms with E-state index in [1.54, 1.807) is 7.11 Å². The SMILES string of the molecule is CCC(CO)C(=O)NCc1ccc(OC)c(Br)c1. The fourth-order valence-corrected chi connectivity index (χ4v) is 2.14. The van der Waals surface area contributed by atoms with Crippen molar-refractivity contribution >= 4 is 21.8 Å². The van der Waals surface area contributed by atoms with Gasteiger partial charge in [-0.25, -0.2) is 0 Å². The number of carbonyl (C=O) groups is 1. The number of halogens is 1. The molecule has 2 N–H and O–H groups in total. The molecule has 1 aromatic rings. The second kappa shape index (κ2) is 7.38. The van der Waals surface area contributed by atoms with Crippen LogP contribution < -0.4 is 10.1 Å². The van der Waals surface area contributed by atoms with Gasteiger partial charge >= 0.3 is 0 Å². The number of nitrogens with one attached hydrogen (secondary N) is 1. The van der Waals surface area contributed by atoms with Crippen LogP contribution >= 0.6 is 15.9 Å². The van der Waals surface area contributed by atoms with E-state index in [0.717, 1.165) is 15.8 Å². The molecule has 0 spiro atoms. The third-order valence-electron chi connectivity index (χ3n) is 2.77. The van der Waals surface area contributed by atoms with Gasteiger partial charge in [0.1, 0.15) is 5.75 Å². The van der Waals surface area contributed by atoms with Crippen molar-refractivity contribution in [3.8, 4) is 5.75 Å². The number of methoxy groups -OCH3 is 1.